The third kappa shape index (κ3) is 3.29. The molecule has 0 fully saturated rings. The second-order valence-corrected chi connectivity index (χ2v) is 5.04. The Balaban J connectivity index is 2.24. The van der Waals surface area contributed by atoms with Crippen LogP contribution in [0, 0.1) is 20.8 Å². The van der Waals surface area contributed by atoms with Crippen molar-refractivity contribution in [2.24, 2.45) is 0 Å². The molecule has 20 heavy (non-hydrogen) atoms. The number of rotatable bonds is 5. The highest BCUT2D eigenvalue weighted by atomic mass is 16.5. The van der Waals surface area contributed by atoms with E-state index < -0.39 is 0 Å². The predicted octanol–water partition coefficient (Wildman–Crippen LogP) is 4.62. The van der Waals surface area contributed by atoms with E-state index in [2.05, 4.69) is 50.1 Å². The van der Waals surface area contributed by atoms with Crippen molar-refractivity contribution in [1.29, 1.82) is 0 Å². The van der Waals surface area contributed by atoms with Gasteiger partial charge in [0.05, 0.1) is 0 Å². The lowest BCUT2D eigenvalue weighted by Gasteiger charge is -2.13. The van der Waals surface area contributed by atoms with E-state index in [9.17, 15) is 0 Å². The average molecular weight is 270 g/mol. The van der Waals surface area contributed by atoms with Gasteiger partial charge in [-0.2, -0.15) is 4.98 Å². The molecule has 2 aromatic rings. The lowest BCUT2D eigenvalue weighted by molar-refractivity contribution is 0.456. The Hall–Kier alpha value is -2.03. The van der Waals surface area contributed by atoms with Crippen LogP contribution in [0.3, 0.4) is 0 Å². The van der Waals surface area contributed by atoms with Crippen molar-refractivity contribution in [1.82, 2.24) is 4.98 Å². The van der Waals surface area contributed by atoms with Gasteiger partial charge >= 0.3 is 0 Å². The normalized spacial score (nSPS) is 10.4. The Bertz CT molecular complexity index is 594. The lowest BCUT2D eigenvalue weighted by Crippen LogP contribution is -2.02. The van der Waals surface area contributed by atoms with Crippen LogP contribution < -0.4 is 10.1 Å². The molecule has 0 aliphatic rings. The summed E-state index contributed by atoms with van der Waals surface area (Å²) in [6.45, 7) is 9.28. The molecule has 1 heterocycles. The Morgan fingerprint density at radius 2 is 1.80 bits per heavy atom. The average Bonchev–Trinajstić information content (AvgIpc) is 2.46. The van der Waals surface area contributed by atoms with Crippen molar-refractivity contribution >= 4 is 5.82 Å². The molecule has 1 N–H and O–H groups in total. The molecule has 0 amide bonds. The summed E-state index contributed by atoms with van der Waals surface area (Å²) < 4.78 is 5.99. The van der Waals surface area contributed by atoms with E-state index in [-0.39, 0.29) is 0 Å². The minimum atomic E-state index is 0.628. The molecule has 2 rings (SSSR count). The summed E-state index contributed by atoms with van der Waals surface area (Å²) in [5.41, 5.74) is 3.52. The summed E-state index contributed by atoms with van der Waals surface area (Å²) in [5.74, 6) is 2.39. The van der Waals surface area contributed by atoms with Gasteiger partial charge in [-0.1, -0.05) is 25.1 Å². The number of ether oxygens (including phenoxy) is 1. The fourth-order valence-corrected chi connectivity index (χ4v) is 2.01. The van der Waals surface area contributed by atoms with E-state index >= 15 is 0 Å². The minimum absolute atomic E-state index is 0.628. The molecule has 1 aromatic carbocycles. The number of nitrogens with one attached hydrogen (secondary N) is 1. The Morgan fingerprint density at radius 1 is 1.05 bits per heavy atom. The number of hydrogen-bond donors (Lipinski definition) is 1. The first-order valence-electron chi connectivity index (χ1n) is 7.07. The fourth-order valence-electron chi connectivity index (χ4n) is 2.01. The summed E-state index contributed by atoms with van der Waals surface area (Å²) in [6, 6.07) is 10.00. The van der Waals surface area contributed by atoms with Gasteiger partial charge in [-0.15, -0.1) is 0 Å². The number of aromatic nitrogens is 1. The second-order valence-electron chi connectivity index (χ2n) is 5.04. The largest absolute Gasteiger partial charge is 0.438 e. The molecule has 1 aromatic heterocycles. The molecule has 0 bridgehead atoms. The van der Waals surface area contributed by atoms with Crippen LogP contribution in [0.1, 0.15) is 30.0 Å². The van der Waals surface area contributed by atoms with Crippen LogP contribution in [0.25, 0.3) is 0 Å². The highest BCUT2D eigenvalue weighted by Gasteiger charge is 2.08. The molecule has 0 spiro atoms. The lowest BCUT2D eigenvalue weighted by atomic mass is 10.1. The van der Waals surface area contributed by atoms with Gasteiger partial charge in [0.15, 0.2) is 0 Å². The van der Waals surface area contributed by atoms with Gasteiger partial charge in [-0.05, 0) is 49.9 Å². The predicted molar refractivity (Wildman–Crippen MR) is 83.7 cm³/mol. The van der Waals surface area contributed by atoms with Crippen molar-refractivity contribution in [2.45, 2.75) is 34.1 Å². The maximum atomic E-state index is 5.99. The summed E-state index contributed by atoms with van der Waals surface area (Å²) >= 11 is 0. The molecular formula is C17H22N2O. The van der Waals surface area contributed by atoms with E-state index in [0.29, 0.717) is 5.88 Å². The molecule has 0 saturated heterocycles. The summed E-state index contributed by atoms with van der Waals surface area (Å²) in [7, 11) is 0. The zero-order chi connectivity index (χ0) is 14.5. The number of benzene rings is 1. The van der Waals surface area contributed by atoms with E-state index in [0.717, 1.165) is 30.1 Å². The van der Waals surface area contributed by atoms with Gasteiger partial charge in [0.25, 0.3) is 0 Å². The third-order valence-electron chi connectivity index (χ3n) is 3.36. The number of anilines is 1. The molecule has 0 unspecified atom stereocenters. The molecule has 3 heteroatoms. The van der Waals surface area contributed by atoms with Crippen molar-refractivity contribution in [3.63, 3.8) is 0 Å². The molecule has 0 radical (unpaired) electrons. The van der Waals surface area contributed by atoms with Crippen LogP contribution in [0.5, 0.6) is 11.6 Å². The topological polar surface area (TPSA) is 34.1 Å². The summed E-state index contributed by atoms with van der Waals surface area (Å²) in [6.07, 6.45) is 1.07. The molecule has 0 atom stereocenters. The maximum absolute atomic E-state index is 5.99. The van der Waals surface area contributed by atoms with Crippen molar-refractivity contribution in [3.8, 4) is 11.6 Å². The highest BCUT2D eigenvalue weighted by Crippen LogP contribution is 2.30. The van der Waals surface area contributed by atoms with Crippen LogP contribution in [0.15, 0.2) is 30.3 Å². The Morgan fingerprint density at radius 3 is 2.55 bits per heavy atom. The smallest absolute Gasteiger partial charge is 0.221 e. The van der Waals surface area contributed by atoms with E-state index in [1.807, 2.05) is 18.2 Å². The summed E-state index contributed by atoms with van der Waals surface area (Å²) in [4.78, 5) is 4.48. The van der Waals surface area contributed by atoms with Crippen LogP contribution in [-0.4, -0.2) is 11.5 Å². The van der Waals surface area contributed by atoms with Crippen molar-refractivity contribution in [2.75, 3.05) is 11.9 Å². The first-order valence-corrected chi connectivity index (χ1v) is 7.07. The quantitative estimate of drug-likeness (QED) is 0.860. The maximum Gasteiger partial charge on any atom is 0.221 e. The first kappa shape index (κ1) is 14.4. The highest BCUT2D eigenvalue weighted by molar-refractivity contribution is 5.47. The van der Waals surface area contributed by atoms with E-state index in [4.69, 9.17) is 4.74 Å². The number of nitrogens with zero attached hydrogens (tertiary/aromatic N) is 1. The van der Waals surface area contributed by atoms with Crippen LogP contribution >= 0.6 is 0 Å². The molecular weight excluding hydrogens is 248 g/mol. The monoisotopic (exact) mass is 270 g/mol. The van der Waals surface area contributed by atoms with Gasteiger partial charge in [0.1, 0.15) is 11.6 Å². The SMILES string of the molecule is CCCNc1cccc(Oc2c(C)ccc(C)c2C)n1. The van der Waals surface area contributed by atoms with Crippen molar-refractivity contribution in [3.05, 3.63) is 47.0 Å². The Labute approximate surface area is 121 Å². The van der Waals surface area contributed by atoms with Gasteiger partial charge in [0.2, 0.25) is 5.88 Å². The van der Waals surface area contributed by atoms with E-state index in [1.165, 1.54) is 11.1 Å². The van der Waals surface area contributed by atoms with Crippen LogP contribution in [0.4, 0.5) is 5.82 Å². The van der Waals surface area contributed by atoms with E-state index in [1.54, 1.807) is 0 Å². The zero-order valence-electron chi connectivity index (χ0n) is 12.7. The first-order chi connectivity index (χ1) is 9.61. The third-order valence-corrected chi connectivity index (χ3v) is 3.36. The fraction of sp³-hybridized carbons (Fsp3) is 0.353. The number of aryl methyl sites for hydroxylation is 2. The molecule has 0 aliphatic carbocycles. The van der Waals surface area contributed by atoms with Crippen LogP contribution in [-0.2, 0) is 0 Å². The minimum Gasteiger partial charge on any atom is -0.438 e. The van der Waals surface area contributed by atoms with Gasteiger partial charge in [0, 0.05) is 12.6 Å². The van der Waals surface area contributed by atoms with Gasteiger partial charge in [-0.25, -0.2) is 0 Å². The standard InChI is InChI=1S/C17H22N2O/c1-5-11-18-15-7-6-8-16(19-15)20-17-13(3)10-9-12(2)14(17)4/h6-10H,5,11H2,1-4H3,(H,18,19). The molecule has 106 valence electrons. The molecule has 3 nitrogen and oxygen atoms in total. The Kier molecular flexibility index (Phi) is 4.61. The second kappa shape index (κ2) is 6.42. The van der Waals surface area contributed by atoms with Gasteiger partial charge < -0.3 is 10.1 Å². The van der Waals surface area contributed by atoms with Crippen LogP contribution in [0.2, 0.25) is 0 Å². The zero-order valence-corrected chi connectivity index (χ0v) is 12.7. The summed E-state index contributed by atoms with van der Waals surface area (Å²) in [5, 5.41) is 3.27. The molecule has 0 saturated carbocycles. The number of pyridine rings is 1. The van der Waals surface area contributed by atoms with Crippen molar-refractivity contribution < 1.29 is 4.74 Å². The van der Waals surface area contributed by atoms with Gasteiger partial charge in [-0.3, -0.25) is 0 Å². The molecule has 0 aliphatic heterocycles. The number of hydrogen-bond acceptors (Lipinski definition) is 3.